The molecule has 1 aromatic rings. The normalized spacial score (nSPS) is 30.6. The highest BCUT2D eigenvalue weighted by Crippen LogP contribution is 2.53. The second-order valence-electron chi connectivity index (χ2n) is 10.7. The molecule has 1 aromatic heterocycles. The van der Waals surface area contributed by atoms with E-state index in [0.29, 0.717) is 17.9 Å². The molecule has 0 unspecified atom stereocenters. The van der Waals surface area contributed by atoms with Gasteiger partial charge in [-0.3, -0.25) is 14.4 Å². The van der Waals surface area contributed by atoms with Crippen molar-refractivity contribution in [2.45, 2.75) is 56.2 Å². The highest BCUT2D eigenvalue weighted by atomic mass is 32.2. The first-order valence-corrected chi connectivity index (χ1v) is 13.5. The minimum Gasteiger partial charge on any atom is -0.477 e. The van der Waals surface area contributed by atoms with Crippen LogP contribution in [0.15, 0.2) is 16.9 Å². The number of carboxylic acid groups (broad SMARTS) is 1. The van der Waals surface area contributed by atoms with E-state index in [-0.39, 0.29) is 79.0 Å². The topological polar surface area (TPSA) is 177 Å². The smallest absolute Gasteiger partial charge is 0.353 e. The third-order valence-electron chi connectivity index (χ3n) is 7.99. The number of nitrogens with one attached hydrogen (secondary N) is 1. The highest BCUT2D eigenvalue weighted by molar-refractivity contribution is 8.03. The van der Waals surface area contributed by atoms with Gasteiger partial charge in [-0.15, -0.1) is 16.9 Å². The Morgan fingerprint density at radius 3 is 2.74 bits per heavy atom. The number of amides is 2. The van der Waals surface area contributed by atoms with Gasteiger partial charge in [-0.25, -0.2) is 13.9 Å². The summed E-state index contributed by atoms with van der Waals surface area (Å²) in [5, 5.41) is 23.8. The van der Waals surface area contributed by atoms with E-state index in [2.05, 4.69) is 20.8 Å². The van der Waals surface area contributed by atoms with Gasteiger partial charge in [0.25, 0.3) is 0 Å². The number of carbonyl (C=O) groups excluding carboxylic acids is 3. The molecule has 4 aliphatic rings. The molecule has 206 valence electrons. The largest absolute Gasteiger partial charge is 0.477 e. The number of likely N-dealkylation sites (tertiary alicyclic amines) is 1. The molecule has 15 heteroatoms. The lowest BCUT2D eigenvalue weighted by atomic mass is 9.73. The van der Waals surface area contributed by atoms with Crippen molar-refractivity contribution in [3.8, 4) is 0 Å². The fourth-order valence-electron chi connectivity index (χ4n) is 6.05. The maximum Gasteiger partial charge on any atom is 0.353 e. The Bertz CT molecular complexity index is 1170. The molecule has 3 fully saturated rings. The van der Waals surface area contributed by atoms with Crippen LogP contribution in [0.25, 0.3) is 0 Å². The first-order valence-electron chi connectivity index (χ1n) is 12.6. The molecule has 0 spiro atoms. The molecule has 5 rings (SSSR count). The molecule has 3 saturated heterocycles. The van der Waals surface area contributed by atoms with Crippen molar-refractivity contribution in [3.63, 3.8) is 0 Å². The number of Topliss-reactive ketones (excluding diaryl/α,β-unsaturated/α-hetero) is 1. The number of fused-ring (bicyclic) bond motifs is 1. The number of tetrazole rings is 1. The third kappa shape index (κ3) is 4.60. The van der Waals surface area contributed by atoms with E-state index < -0.39 is 23.6 Å². The number of thioether (sulfide) groups is 1. The number of carbonyl (C=O) groups is 4. The molecule has 0 aromatic carbocycles. The average molecular weight is 551 g/mol. The number of β-lactam (4-membered cyclic amide) rings is 1. The Hall–Kier alpha value is -2.91. The van der Waals surface area contributed by atoms with Crippen molar-refractivity contribution in [1.29, 1.82) is 0 Å². The summed E-state index contributed by atoms with van der Waals surface area (Å²) in [6.07, 6.45) is 1.96. The van der Waals surface area contributed by atoms with Crippen molar-refractivity contribution < 1.29 is 28.7 Å². The first-order chi connectivity index (χ1) is 18.0. The summed E-state index contributed by atoms with van der Waals surface area (Å²) >= 11 is 1.39. The number of nitrogens with zero attached hydrogens (tertiary/aromatic N) is 6. The van der Waals surface area contributed by atoms with E-state index in [1.807, 2.05) is 13.8 Å². The zero-order chi connectivity index (χ0) is 27.4. The lowest BCUT2D eigenvalue weighted by Crippen LogP contribution is -2.66. The summed E-state index contributed by atoms with van der Waals surface area (Å²) in [5.74, 6) is -2.74. The molecule has 4 N–H and O–H groups in total. The Labute approximate surface area is 222 Å². The third-order valence-corrected chi connectivity index (χ3v) is 9.50. The second-order valence-corrected chi connectivity index (χ2v) is 12.1. The second kappa shape index (κ2) is 10.0. The summed E-state index contributed by atoms with van der Waals surface area (Å²) in [6, 6.07) is -0.813. The van der Waals surface area contributed by atoms with Crippen molar-refractivity contribution >= 4 is 35.3 Å². The predicted molar refractivity (Wildman–Crippen MR) is 132 cm³/mol. The monoisotopic (exact) mass is 550 g/mol. The summed E-state index contributed by atoms with van der Waals surface area (Å²) < 4.78 is 15.5. The fraction of sp³-hybridized carbons (Fsp3) is 0.696. The van der Waals surface area contributed by atoms with Gasteiger partial charge in [-0.2, -0.15) is 0 Å². The Kier molecular flexibility index (Phi) is 7.02. The van der Waals surface area contributed by atoms with Crippen LogP contribution in [0, 0.1) is 17.8 Å². The number of aliphatic carboxylic acids is 1. The molecule has 0 bridgehead atoms. The van der Waals surface area contributed by atoms with E-state index in [4.69, 9.17) is 5.73 Å². The number of halogens is 1. The van der Waals surface area contributed by atoms with Gasteiger partial charge in [0, 0.05) is 35.6 Å². The van der Waals surface area contributed by atoms with E-state index in [1.165, 1.54) is 32.6 Å². The van der Waals surface area contributed by atoms with Crippen molar-refractivity contribution in [2.75, 3.05) is 26.2 Å². The SMILES string of the molecule is C[C@@H](CC(=O)Cn1cnnn1)[C@H]1C(=O)N2C(C(=O)O)=C(S[C@@H]3CN[C@H](C(=O)N4CC(F)(CN)C4)C3)[C@H](C)[C@H]12. The molecular weight excluding hydrogens is 519 g/mol. The molecule has 0 radical (unpaired) electrons. The Morgan fingerprint density at radius 2 is 2.11 bits per heavy atom. The first kappa shape index (κ1) is 26.7. The summed E-state index contributed by atoms with van der Waals surface area (Å²) in [7, 11) is 0. The molecule has 0 saturated carbocycles. The lowest BCUT2D eigenvalue weighted by molar-refractivity contribution is -0.160. The van der Waals surface area contributed by atoms with Gasteiger partial charge in [0.15, 0.2) is 11.5 Å². The molecule has 13 nitrogen and oxygen atoms in total. The van der Waals surface area contributed by atoms with E-state index >= 15 is 0 Å². The standard InChI is InChI=1S/C23H31FN8O5S/c1-11(3-13(33)6-31-10-27-28-29-31)16-17-12(2)19(18(22(36)37)32(17)21(16)35)38-14-4-15(26-5-14)20(34)30-8-23(24,7-25)9-30/h10-12,14-17,26H,3-9,25H2,1-2H3,(H,36,37)/t11-,12+,14-,15-,16+,17+/m0/s1. The quantitative estimate of drug-likeness (QED) is 0.305. The number of rotatable bonds is 10. The minimum absolute atomic E-state index is 0.00639. The van der Waals surface area contributed by atoms with Crippen LogP contribution in [0.4, 0.5) is 4.39 Å². The van der Waals surface area contributed by atoms with E-state index in [1.54, 1.807) is 0 Å². The molecule has 2 amide bonds. The maximum absolute atomic E-state index is 14.1. The Morgan fingerprint density at radius 1 is 1.37 bits per heavy atom. The van der Waals surface area contributed by atoms with Crippen LogP contribution in [0.2, 0.25) is 0 Å². The van der Waals surface area contributed by atoms with Crippen LogP contribution in [0.5, 0.6) is 0 Å². The molecular formula is C23H31FN8O5S. The van der Waals surface area contributed by atoms with E-state index in [0.717, 1.165) is 0 Å². The number of nitrogens with two attached hydrogens (primary N) is 1. The van der Waals surface area contributed by atoms with Crippen LogP contribution in [0.3, 0.4) is 0 Å². The number of hydrogen-bond acceptors (Lipinski definition) is 10. The number of hydrogen-bond donors (Lipinski definition) is 3. The van der Waals surface area contributed by atoms with Gasteiger partial charge >= 0.3 is 5.97 Å². The number of ketones is 1. The zero-order valence-corrected chi connectivity index (χ0v) is 21.9. The maximum atomic E-state index is 14.1. The van der Waals surface area contributed by atoms with Crippen molar-refractivity contribution in [2.24, 2.45) is 23.5 Å². The highest BCUT2D eigenvalue weighted by Gasteiger charge is 2.60. The lowest BCUT2D eigenvalue weighted by Gasteiger charge is -2.47. The van der Waals surface area contributed by atoms with Crippen LogP contribution in [-0.4, -0.2) is 108 Å². The van der Waals surface area contributed by atoms with Gasteiger partial charge in [0.1, 0.15) is 18.6 Å². The van der Waals surface area contributed by atoms with Gasteiger partial charge in [0.05, 0.1) is 31.1 Å². The van der Waals surface area contributed by atoms with Crippen LogP contribution >= 0.6 is 11.8 Å². The van der Waals surface area contributed by atoms with Crippen LogP contribution < -0.4 is 11.1 Å². The van der Waals surface area contributed by atoms with Gasteiger partial charge in [0.2, 0.25) is 11.8 Å². The van der Waals surface area contributed by atoms with E-state index in [9.17, 15) is 28.7 Å². The molecule has 38 heavy (non-hydrogen) atoms. The molecule has 5 heterocycles. The number of carboxylic acids is 1. The molecule has 4 aliphatic heterocycles. The summed E-state index contributed by atoms with van der Waals surface area (Å²) in [5.41, 5.74) is 3.90. The number of alkyl halides is 1. The zero-order valence-electron chi connectivity index (χ0n) is 21.1. The molecule has 6 atom stereocenters. The number of aromatic nitrogens is 4. The van der Waals surface area contributed by atoms with Gasteiger partial charge < -0.3 is 26.0 Å². The van der Waals surface area contributed by atoms with Gasteiger partial charge in [-0.1, -0.05) is 13.8 Å². The predicted octanol–water partition coefficient (Wildman–Crippen LogP) is -0.986. The molecule has 0 aliphatic carbocycles. The van der Waals surface area contributed by atoms with Crippen LogP contribution in [-0.2, 0) is 25.7 Å². The minimum atomic E-state index is -1.52. The van der Waals surface area contributed by atoms with Crippen LogP contribution in [0.1, 0.15) is 26.7 Å². The van der Waals surface area contributed by atoms with Crippen molar-refractivity contribution in [3.05, 3.63) is 16.9 Å². The summed E-state index contributed by atoms with van der Waals surface area (Å²) in [4.78, 5) is 54.1. The van der Waals surface area contributed by atoms with Gasteiger partial charge in [-0.05, 0) is 22.8 Å². The fourth-order valence-corrected chi connectivity index (χ4v) is 7.53. The van der Waals surface area contributed by atoms with Crippen molar-refractivity contribution in [1.82, 2.24) is 35.3 Å². The Balaban J connectivity index is 1.22. The summed E-state index contributed by atoms with van der Waals surface area (Å²) in [6.45, 7) is 4.08. The average Bonchev–Trinajstić information content (AvgIpc) is 3.57.